The fraction of sp³-hybridized carbons (Fsp3) is 0.571. The van der Waals surface area contributed by atoms with E-state index in [9.17, 15) is 4.79 Å². The van der Waals surface area contributed by atoms with Gasteiger partial charge in [-0.25, -0.2) is 4.98 Å². The van der Waals surface area contributed by atoms with Crippen molar-refractivity contribution in [3.63, 3.8) is 0 Å². The third kappa shape index (κ3) is 3.80. The Morgan fingerprint density at radius 2 is 2.00 bits per heavy atom. The molecule has 1 fully saturated rings. The lowest BCUT2D eigenvalue weighted by molar-refractivity contribution is 0.374. The number of piperazine rings is 1. The summed E-state index contributed by atoms with van der Waals surface area (Å²) in [5, 5.41) is 4.83. The molecule has 1 N–H and O–H groups in total. The molecule has 1 saturated heterocycles. The summed E-state index contributed by atoms with van der Waals surface area (Å²) in [5.41, 5.74) is 1.39. The SMILES string of the molecule is C=CCNC(=S)N1CCN(c2nc3sc4c(c3c(=O)n2C(C)C)CCCC4)CC1. The Hall–Kier alpha value is -1.93. The van der Waals surface area contributed by atoms with Crippen LogP contribution in [0.25, 0.3) is 10.2 Å². The Morgan fingerprint density at radius 1 is 1.28 bits per heavy atom. The Morgan fingerprint density at radius 3 is 2.69 bits per heavy atom. The lowest BCUT2D eigenvalue weighted by Gasteiger charge is -2.37. The zero-order valence-electron chi connectivity index (χ0n) is 17.2. The van der Waals surface area contributed by atoms with E-state index in [2.05, 4.69) is 35.5 Å². The maximum atomic E-state index is 13.5. The van der Waals surface area contributed by atoms with Crippen LogP contribution in [0.4, 0.5) is 5.95 Å². The molecule has 2 aromatic rings. The summed E-state index contributed by atoms with van der Waals surface area (Å²) in [6, 6.07) is 0.0712. The number of anilines is 1. The van der Waals surface area contributed by atoms with Crippen LogP contribution in [-0.2, 0) is 12.8 Å². The van der Waals surface area contributed by atoms with Crippen molar-refractivity contribution in [2.24, 2.45) is 0 Å². The van der Waals surface area contributed by atoms with E-state index in [0.717, 1.165) is 60.3 Å². The Bertz CT molecular complexity index is 985. The molecule has 3 heterocycles. The molecule has 1 aliphatic carbocycles. The number of hydrogen-bond donors (Lipinski definition) is 1. The van der Waals surface area contributed by atoms with Gasteiger partial charge < -0.3 is 15.1 Å². The molecule has 6 nitrogen and oxygen atoms in total. The van der Waals surface area contributed by atoms with Crippen molar-refractivity contribution in [3.05, 3.63) is 33.4 Å². The van der Waals surface area contributed by atoms with Gasteiger partial charge >= 0.3 is 0 Å². The normalized spacial score (nSPS) is 16.9. The predicted octanol–water partition coefficient (Wildman–Crippen LogP) is 3.10. The van der Waals surface area contributed by atoms with E-state index in [0.29, 0.717) is 6.54 Å². The molecule has 0 spiro atoms. The number of aromatic nitrogens is 2. The van der Waals surface area contributed by atoms with Gasteiger partial charge in [-0.2, -0.15) is 0 Å². The van der Waals surface area contributed by atoms with Gasteiger partial charge in [0.05, 0.1) is 5.39 Å². The number of rotatable bonds is 4. The second-order valence-corrected chi connectivity index (χ2v) is 9.49. The maximum Gasteiger partial charge on any atom is 0.264 e. The van der Waals surface area contributed by atoms with E-state index in [4.69, 9.17) is 17.2 Å². The van der Waals surface area contributed by atoms with Crippen LogP contribution in [0.5, 0.6) is 0 Å². The highest BCUT2D eigenvalue weighted by Gasteiger charge is 2.27. The quantitative estimate of drug-likeness (QED) is 0.593. The first-order chi connectivity index (χ1) is 14.0. The first-order valence-electron chi connectivity index (χ1n) is 10.5. The molecule has 1 aliphatic heterocycles. The Balaban J connectivity index is 1.66. The first kappa shape index (κ1) is 20.3. The Kier molecular flexibility index (Phi) is 5.92. The smallest absolute Gasteiger partial charge is 0.264 e. The van der Waals surface area contributed by atoms with Crippen LogP contribution in [0.1, 0.15) is 43.2 Å². The number of fused-ring (bicyclic) bond motifs is 3. The van der Waals surface area contributed by atoms with E-state index < -0.39 is 0 Å². The maximum absolute atomic E-state index is 13.5. The summed E-state index contributed by atoms with van der Waals surface area (Å²) >= 11 is 7.20. The van der Waals surface area contributed by atoms with Crippen molar-refractivity contribution in [3.8, 4) is 0 Å². The lowest BCUT2D eigenvalue weighted by Crippen LogP contribution is -2.53. The van der Waals surface area contributed by atoms with Crippen molar-refractivity contribution in [1.29, 1.82) is 0 Å². The van der Waals surface area contributed by atoms with Gasteiger partial charge in [-0.15, -0.1) is 17.9 Å². The summed E-state index contributed by atoms with van der Waals surface area (Å²) in [6.45, 7) is 11.8. The van der Waals surface area contributed by atoms with Gasteiger partial charge in [0, 0.05) is 43.6 Å². The fourth-order valence-electron chi connectivity index (χ4n) is 4.28. The lowest BCUT2D eigenvalue weighted by atomic mass is 9.97. The van der Waals surface area contributed by atoms with Crippen molar-refractivity contribution in [1.82, 2.24) is 19.8 Å². The van der Waals surface area contributed by atoms with Gasteiger partial charge in [0.15, 0.2) is 5.11 Å². The van der Waals surface area contributed by atoms with E-state index in [-0.39, 0.29) is 11.6 Å². The highest BCUT2D eigenvalue weighted by atomic mass is 32.1. The summed E-state index contributed by atoms with van der Waals surface area (Å²) in [5.74, 6) is 0.806. The molecular formula is C21H29N5OS2. The largest absolute Gasteiger partial charge is 0.359 e. The number of hydrogen-bond acceptors (Lipinski definition) is 5. The highest BCUT2D eigenvalue weighted by molar-refractivity contribution is 7.80. The van der Waals surface area contributed by atoms with Crippen LogP contribution in [0.3, 0.4) is 0 Å². The molecule has 0 saturated carbocycles. The molecule has 2 aliphatic rings. The monoisotopic (exact) mass is 431 g/mol. The van der Waals surface area contributed by atoms with Crippen molar-refractivity contribution in [2.45, 2.75) is 45.6 Å². The molecular weight excluding hydrogens is 402 g/mol. The van der Waals surface area contributed by atoms with Crippen LogP contribution in [-0.4, -0.2) is 52.3 Å². The van der Waals surface area contributed by atoms with E-state index in [1.54, 1.807) is 11.3 Å². The fourth-order valence-corrected chi connectivity index (χ4v) is 5.79. The first-order valence-corrected chi connectivity index (χ1v) is 11.7. The third-order valence-corrected chi connectivity index (χ3v) is 7.35. The summed E-state index contributed by atoms with van der Waals surface area (Å²) in [4.78, 5) is 25.2. The molecule has 156 valence electrons. The van der Waals surface area contributed by atoms with E-state index >= 15 is 0 Å². The zero-order valence-corrected chi connectivity index (χ0v) is 18.9. The van der Waals surface area contributed by atoms with Crippen LogP contribution >= 0.6 is 23.6 Å². The minimum absolute atomic E-state index is 0.0712. The molecule has 8 heteroatoms. The third-order valence-electron chi connectivity index (χ3n) is 5.77. The molecule has 0 unspecified atom stereocenters. The number of aryl methyl sites for hydroxylation is 2. The molecule has 0 bridgehead atoms. The second kappa shape index (κ2) is 8.44. The topological polar surface area (TPSA) is 53.4 Å². The summed E-state index contributed by atoms with van der Waals surface area (Å²) in [6.07, 6.45) is 6.29. The molecule has 4 rings (SSSR count). The summed E-state index contributed by atoms with van der Waals surface area (Å²) in [7, 11) is 0. The van der Waals surface area contributed by atoms with Gasteiger partial charge in [0.25, 0.3) is 5.56 Å². The van der Waals surface area contributed by atoms with Gasteiger partial charge in [-0.1, -0.05) is 6.08 Å². The second-order valence-electron chi connectivity index (χ2n) is 8.02. The number of thiocarbonyl (C=S) groups is 1. The molecule has 2 aromatic heterocycles. The van der Waals surface area contributed by atoms with Crippen LogP contribution < -0.4 is 15.8 Å². The molecule has 0 atom stereocenters. The van der Waals surface area contributed by atoms with Crippen LogP contribution in [0.2, 0.25) is 0 Å². The van der Waals surface area contributed by atoms with Crippen molar-refractivity contribution in [2.75, 3.05) is 37.6 Å². The van der Waals surface area contributed by atoms with Gasteiger partial charge in [-0.3, -0.25) is 9.36 Å². The molecule has 29 heavy (non-hydrogen) atoms. The molecule has 0 radical (unpaired) electrons. The highest BCUT2D eigenvalue weighted by Crippen LogP contribution is 2.35. The molecule has 0 aromatic carbocycles. The summed E-state index contributed by atoms with van der Waals surface area (Å²) < 4.78 is 1.90. The minimum atomic E-state index is 0.0712. The van der Waals surface area contributed by atoms with Gasteiger partial charge in [0.2, 0.25) is 5.95 Å². The Labute approximate surface area is 181 Å². The predicted molar refractivity (Wildman–Crippen MR) is 125 cm³/mol. The van der Waals surface area contributed by atoms with E-state index in [1.165, 1.54) is 23.3 Å². The minimum Gasteiger partial charge on any atom is -0.359 e. The van der Waals surface area contributed by atoms with E-state index in [1.807, 2.05) is 10.6 Å². The van der Waals surface area contributed by atoms with Crippen molar-refractivity contribution < 1.29 is 0 Å². The average Bonchev–Trinajstić information content (AvgIpc) is 3.10. The standard InChI is InChI=1S/C21H29N5OS2/c1-4-9-22-21(28)25-12-10-24(11-13-25)20-23-18-17(19(27)26(20)14(2)3)15-7-5-6-8-16(15)29-18/h4,14H,1,5-13H2,2-3H3,(H,22,28). The zero-order chi connectivity index (χ0) is 20.5. The average molecular weight is 432 g/mol. The van der Waals surface area contributed by atoms with Gasteiger partial charge in [-0.05, 0) is 57.3 Å². The van der Waals surface area contributed by atoms with Crippen LogP contribution in [0, 0.1) is 0 Å². The number of thiophene rings is 1. The van der Waals surface area contributed by atoms with Crippen LogP contribution in [0.15, 0.2) is 17.4 Å². The van der Waals surface area contributed by atoms with Crippen molar-refractivity contribution >= 4 is 44.8 Å². The number of nitrogens with zero attached hydrogens (tertiary/aromatic N) is 4. The van der Waals surface area contributed by atoms with Gasteiger partial charge in [0.1, 0.15) is 4.83 Å². The number of nitrogens with one attached hydrogen (secondary N) is 1. The molecule has 0 amide bonds.